The van der Waals surface area contributed by atoms with E-state index in [1.165, 1.54) is 10.6 Å². The zero-order valence-electron chi connectivity index (χ0n) is 11.2. The first-order valence-corrected chi connectivity index (χ1v) is 6.70. The molecule has 0 saturated carbocycles. The van der Waals surface area contributed by atoms with Crippen molar-refractivity contribution >= 4 is 23.3 Å². The third-order valence-corrected chi connectivity index (χ3v) is 3.55. The van der Waals surface area contributed by atoms with Gasteiger partial charge in [0.15, 0.2) is 16.4 Å². The molecule has 0 saturated heterocycles. The Morgan fingerprint density at radius 2 is 1.95 bits per heavy atom. The fraction of sp³-hybridized carbons (Fsp3) is 0.133. The lowest BCUT2D eigenvalue weighted by Crippen LogP contribution is -2.02. The van der Waals surface area contributed by atoms with Crippen LogP contribution in [-0.2, 0) is 11.3 Å². The third kappa shape index (κ3) is 2.26. The smallest absolute Gasteiger partial charge is 0.184 e. The number of nitrogens with zero attached hydrogens (tertiary/aromatic N) is 1. The lowest BCUT2D eigenvalue weighted by atomic mass is 10.2. The number of hydrogen-bond donors (Lipinski definition) is 1. The van der Waals surface area contributed by atoms with Gasteiger partial charge in [-0.25, -0.2) is 8.78 Å². The minimum atomic E-state index is -0.924. The Bertz CT molecular complexity index is 870. The summed E-state index contributed by atoms with van der Waals surface area (Å²) in [5.74, 6) is -1.83. The summed E-state index contributed by atoms with van der Waals surface area (Å²) in [5, 5.41) is 0. The molecular weight excluding hydrogens is 294 g/mol. The lowest BCUT2D eigenvalue weighted by Gasteiger charge is -2.11. The first-order valence-electron chi connectivity index (χ1n) is 6.29. The largest absolute Gasteiger partial charge is 0.380 e. The van der Waals surface area contributed by atoms with Crippen molar-refractivity contribution in [1.29, 1.82) is 0 Å². The molecule has 1 aromatic heterocycles. The fourth-order valence-electron chi connectivity index (χ4n) is 2.37. The van der Waals surface area contributed by atoms with Gasteiger partial charge in [-0.2, -0.15) is 0 Å². The van der Waals surface area contributed by atoms with Gasteiger partial charge in [0.1, 0.15) is 5.52 Å². The summed E-state index contributed by atoms with van der Waals surface area (Å²) in [6.07, 6.45) is 0. The maximum Gasteiger partial charge on any atom is 0.184 e. The molecule has 0 aliphatic carbocycles. The number of aromatic nitrogens is 2. The van der Waals surface area contributed by atoms with E-state index in [0.29, 0.717) is 22.6 Å². The summed E-state index contributed by atoms with van der Waals surface area (Å²) in [5.41, 5.74) is 2.05. The predicted molar refractivity (Wildman–Crippen MR) is 79.1 cm³/mol. The zero-order valence-corrected chi connectivity index (χ0v) is 12.0. The van der Waals surface area contributed by atoms with Crippen molar-refractivity contribution in [1.82, 2.24) is 9.55 Å². The van der Waals surface area contributed by atoms with Crippen LogP contribution in [0.1, 0.15) is 5.56 Å². The average Bonchev–Trinajstić information content (AvgIpc) is 2.81. The highest BCUT2D eigenvalue weighted by atomic mass is 32.1. The average molecular weight is 306 g/mol. The number of imidazole rings is 1. The van der Waals surface area contributed by atoms with E-state index in [1.807, 2.05) is 18.2 Å². The molecule has 0 atom stereocenters. The van der Waals surface area contributed by atoms with Gasteiger partial charge in [0.25, 0.3) is 0 Å². The van der Waals surface area contributed by atoms with Gasteiger partial charge in [-0.3, -0.25) is 4.57 Å². The molecule has 0 aliphatic rings. The van der Waals surface area contributed by atoms with E-state index in [4.69, 9.17) is 17.0 Å². The SMILES string of the molecule is COCc1ccccc1-n1c(=S)[nH]c2ccc(F)c(F)c21. The number of halogens is 2. The second-order valence-electron chi connectivity index (χ2n) is 4.58. The van der Waals surface area contributed by atoms with Crippen LogP contribution >= 0.6 is 12.2 Å². The summed E-state index contributed by atoms with van der Waals surface area (Å²) in [6, 6.07) is 9.87. The maximum atomic E-state index is 14.2. The molecule has 3 aromatic rings. The van der Waals surface area contributed by atoms with E-state index in [9.17, 15) is 8.78 Å². The highest BCUT2D eigenvalue weighted by Gasteiger charge is 2.16. The predicted octanol–water partition coefficient (Wildman–Crippen LogP) is 4.11. The number of benzene rings is 2. The molecule has 0 spiro atoms. The molecule has 1 N–H and O–H groups in total. The molecule has 6 heteroatoms. The second-order valence-corrected chi connectivity index (χ2v) is 4.97. The highest BCUT2D eigenvalue weighted by Crippen LogP contribution is 2.26. The summed E-state index contributed by atoms with van der Waals surface area (Å²) in [4.78, 5) is 2.89. The van der Waals surface area contributed by atoms with Gasteiger partial charge in [0, 0.05) is 12.7 Å². The Morgan fingerprint density at radius 3 is 2.71 bits per heavy atom. The van der Waals surface area contributed by atoms with Gasteiger partial charge in [-0.1, -0.05) is 18.2 Å². The monoisotopic (exact) mass is 306 g/mol. The fourth-order valence-corrected chi connectivity index (χ4v) is 2.67. The third-order valence-electron chi connectivity index (χ3n) is 3.27. The number of hydrogen-bond acceptors (Lipinski definition) is 2. The second kappa shape index (κ2) is 5.38. The normalized spacial score (nSPS) is 11.2. The van der Waals surface area contributed by atoms with Gasteiger partial charge in [-0.15, -0.1) is 0 Å². The standard InChI is InChI=1S/C15H12F2N2OS/c1-20-8-9-4-2-3-5-12(9)19-14-11(18-15(19)21)7-6-10(16)13(14)17/h2-7H,8H2,1H3,(H,18,21). The van der Waals surface area contributed by atoms with E-state index in [0.717, 1.165) is 11.6 Å². The van der Waals surface area contributed by atoms with Gasteiger partial charge in [-0.05, 0) is 30.4 Å². The molecule has 0 bridgehead atoms. The molecule has 3 rings (SSSR count). The van der Waals surface area contributed by atoms with Crippen LogP contribution in [0.4, 0.5) is 8.78 Å². The van der Waals surface area contributed by atoms with E-state index in [-0.39, 0.29) is 5.52 Å². The highest BCUT2D eigenvalue weighted by molar-refractivity contribution is 7.71. The van der Waals surface area contributed by atoms with Crippen molar-refractivity contribution in [2.75, 3.05) is 7.11 Å². The number of rotatable bonds is 3. The Hall–Kier alpha value is -2.05. The maximum absolute atomic E-state index is 14.2. The van der Waals surface area contributed by atoms with Crippen LogP contribution in [-0.4, -0.2) is 16.7 Å². The van der Waals surface area contributed by atoms with Crippen molar-refractivity contribution in [3.63, 3.8) is 0 Å². The number of ether oxygens (including phenoxy) is 1. The Labute approximate surface area is 124 Å². The first-order chi connectivity index (χ1) is 10.1. The minimum Gasteiger partial charge on any atom is -0.380 e. The van der Waals surface area contributed by atoms with Crippen LogP contribution in [0.2, 0.25) is 0 Å². The summed E-state index contributed by atoms with van der Waals surface area (Å²) >= 11 is 5.26. The number of fused-ring (bicyclic) bond motifs is 1. The van der Waals surface area contributed by atoms with E-state index >= 15 is 0 Å². The van der Waals surface area contributed by atoms with E-state index < -0.39 is 11.6 Å². The molecule has 0 radical (unpaired) electrons. The topological polar surface area (TPSA) is 29.9 Å². The van der Waals surface area contributed by atoms with Crippen molar-refractivity contribution in [2.24, 2.45) is 0 Å². The number of para-hydroxylation sites is 1. The van der Waals surface area contributed by atoms with Crippen LogP contribution in [0.3, 0.4) is 0 Å². The molecule has 108 valence electrons. The van der Waals surface area contributed by atoms with E-state index in [2.05, 4.69) is 4.98 Å². The van der Waals surface area contributed by atoms with Crippen LogP contribution in [0.25, 0.3) is 16.7 Å². The number of nitrogens with one attached hydrogen (secondary N) is 1. The van der Waals surface area contributed by atoms with Crippen molar-refractivity contribution in [3.8, 4) is 5.69 Å². The Kier molecular flexibility index (Phi) is 3.57. The molecule has 1 heterocycles. The van der Waals surface area contributed by atoms with Gasteiger partial charge in [0.2, 0.25) is 0 Å². The quantitative estimate of drug-likeness (QED) is 0.738. The van der Waals surface area contributed by atoms with Crippen molar-refractivity contribution in [3.05, 3.63) is 58.4 Å². The first kappa shape index (κ1) is 13.9. The lowest BCUT2D eigenvalue weighted by molar-refractivity contribution is 0.185. The molecule has 0 amide bonds. The zero-order chi connectivity index (χ0) is 15.0. The van der Waals surface area contributed by atoms with Crippen LogP contribution in [0.5, 0.6) is 0 Å². The Balaban J connectivity index is 2.38. The molecule has 0 fully saturated rings. The molecular formula is C15H12F2N2OS. The number of methoxy groups -OCH3 is 1. The van der Waals surface area contributed by atoms with Crippen molar-refractivity contribution in [2.45, 2.75) is 6.61 Å². The van der Waals surface area contributed by atoms with Gasteiger partial charge >= 0.3 is 0 Å². The van der Waals surface area contributed by atoms with E-state index in [1.54, 1.807) is 13.2 Å². The molecule has 0 unspecified atom stereocenters. The molecule has 3 nitrogen and oxygen atoms in total. The van der Waals surface area contributed by atoms with Crippen LogP contribution < -0.4 is 0 Å². The van der Waals surface area contributed by atoms with Crippen LogP contribution in [0.15, 0.2) is 36.4 Å². The van der Waals surface area contributed by atoms with Gasteiger partial charge in [0.05, 0.1) is 17.8 Å². The Morgan fingerprint density at radius 1 is 1.19 bits per heavy atom. The van der Waals surface area contributed by atoms with Crippen molar-refractivity contribution < 1.29 is 13.5 Å². The summed E-state index contributed by atoms with van der Waals surface area (Å²) in [7, 11) is 1.57. The summed E-state index contributed by atoms with van der Waals surface area (Å²) < 4.78 is 34.7. The van der Waals surface area contributed by atoms with Gasteiger partial charge < -0.3 is 9.72 Å². The minimum absolute atomic E-state index is 0.101. The number of H-pyrrole nitrogens is 1. The number of aromatic amines is 1. The van der Waals surface area contributed by atoms with Crippen LogP contribution in [0, 0.1) is 16.4 Å². The summed E-state index contributed by atoms with van der Waals surface area (Å²) in [6.45, 7) is 0.349. The molecule has 21 heavy (non-hydrogen) atoms. The molecule has 2 aromatic carbocycles. The molecule has 0 aliphatic heterocycles.